The summed E-state index contributed by atoms with van der Waals surface area (Å²) in [6, 6.07) is 11.2. The SMILES string of the molecule is CCN(Cc1ccncc1)C(=O)CSC1CCCCC1Sc1cc(C(C)(C)C)cc(C(C)(C)C)c1. The molecule has 5 heteroatoms. The molecule has 1 amide bonds. The maximum Gasteiger partial charge on any atom is 0.232 e. The second kappa shape index (κ2) is 12.2. The van der Waals surface area contributed by atoms with Gasteiger partial charge < -0.3 is 4.90 Å². The van der Waals surface area contributed by atoms with E-state index in [-0.39, 0.29) is 16.7 Å². The molecule has 1 heterocycles. The number of carbonyl (C=O) groups is 1. The first kappa shape index (κ1) is 28.1. The van der Waals surface area contributed by atoms with E-state index in [0.717, 1.165) is 12.1 Å². The van der Waals surface area contributed by atoms with Crippen molar-refractivity contribution in [2.75, 3.05) is 12.3 Å². The predicted octanol–water partition coefficient (Wildman–Crippen LogP) is 7.86. The van der Waals surface area contributed by atoms with Crippen molar-refractivity contribution in [1.82, 2.24) is 9.88 Å². The Balaban J connectivity index is 1.69. The highest BCUT2D eigenvalue weighted by Crippen LogP contribution is 2.42. The predicted molar refractivity (Wildman–Crippen MR) is 154 cm³/mol. The number of thioether (sulfide) groups is 2. The molecule has 1 aliphatic carbocycles. The molecule has 1 aromatic heterocycles. The molecule has 1 aliphatic rings. The lowest BCUT2D eigenvalue weighted by molar-refractivity contribution is -0.128. The Kier molecular flexibility index (Phi) is 9.79. The molecule has 1 saturated carbocycles. The normalized spacial score (nSPS) is 18.9. The summed E-state index contributed by atoms with van der Waals surface area (Å²) >= 11 is 3.93. The molecule has 1 fully saturated rings. The summed E-state index contributed by atoms with van der Waals surface area (Å²) in [5, 5.41) is 1.08. The zero-order chi connectivity index (χ0) is 25.6. The molecule has 0 aliphatic heterocycles. The molecule has 0 saturated heterocycles. The van der Waals surface area contributed by atoms with Crippen molar-refractivity contribution < 1.29 is 4.79 Å². The second-order valence-corrected chi connectivity index (χ2v) is 14.3. The number of rotatable bonds is 8. The van der Waals surface area contributed by atoms with Gasteiger partial charge in [-0.3, -0.25) is 9.78 Å². The lowest BCUT2D eigenvalue weighted by Crippen LogP contribution is -2.33. The summed E-state index contributed by atoms with van der Waals surface area (Å²) in [6.45, 7) is 17.3. The van der Waals surface area contributed by atoms with Crippen LogP contribution < -0.4 is 0 Å². The summed E-state index contributed by atoms with van der Waals surface area (Å²) in [6.07, 6.45) is 8.59. The Morgan fingerprint density at radius 2 is 1.51 bits per heavy atom. The molecular weight excluding hydrogens is 468 g/mol. The van der Waals surface area contributed by atoms with E-state index in [1.807, 2.05) is 40.6 Å². The van der Waals surface area contributed by atoms with Crippen LogP contribution in [0.1, 0.15) is 90.8 Å². The molecule has 2 unspecified atom stereocenters. The van der Waals surface area contributed by atoms with Crippen molar-refractivity contribution in [3.8, 4) is 0 Å². The molecule has 1 aromatic carbocycles. The second-order valence-electron chi connectivity index (χ2n) is 11.8. The minimum absolute atomic E-state index is 0.127. The van der Waals surface area contributed by atoms with Gasteiger partial charge in [0.25, 0.3) is 0 Å². The first-order valence-electron chi connectivity index (χ1n) is 13.1. The standard InChI is InChI=1S/C30H44N2OS2/c1-8-32(20-22-13-15-31-16-14-22)28(33)21-34-26-11-9-10-12-27(26)35-25-18-23(29(2,3)4)17-24(19-25)30(5,6)7/h13-19,26-27H,8-12,20-21H2,1-7H3. The third kappa shape index (κ3) is 8.28. The molecule has 192 valence electrons. The number of carbonyl (C=O) groups excluding carboxylic acids is 1. The van der Waals surface area contributed by atoms with Crippen LogP contribution >= 0.6 is 23.5 Å². The topological polar surface area (TPSA) is 33.2 Å². The van der Waals surface area contributed by atoms with Crippen LogP contribution in [0, 0.1) is 0 Å². The summed E-state index contributed by atoms with van der Waals surface area (Å²) in [5.74, 6) is 0.809. The van der Waals surface area contributed by atoms with Crippen LogP contribution in [0.3, 0.4) is 0 Å². The highest BCUT2D eigenvalue weighted by atomic mass is 32.2. The van der Waals surface area contributed by atoms with Gasteiger partial charge in [0, 0.05) is 40.9 Å². The van der Waals surface area contributed by atoms with E-state index < -0.39 is 0 Å². The third-order valence-corrected chi connectivity index (χ3v) is 9.80. The fourth-order valence-corrected chi connectivity index (χ4v) is 7.39. The summed E-state index contributed by atoms with van der Waals surface area (Å²) in [7, 11) is 0. The van der Waals surface area contributed by atoms with Gasteiger partial charge in [-0.2, -0.15) is 0 Å². The van der Waals surface area contributed by atoms with Crippen LogP contribution in [-0.2, 0) is 22.2 Å². The Morgan fingerprint density at radius 3 is 2.06 bits per heavy atom. The lowest BCUT2D eigenvalue weighted by Gasteiger charge is -2.32. The van der Waals surface area contributed by atoms with Gasteiger partial charge in [-0.25, -0.2) is 0 Å². The van der Waals surface area contributed by atoms with Gasteiger partial charge in [0.2, 0.25) is 5.91 Å². The monoisotopic (exact) mass is 512 g/mol. The van der Waals surface area contributed by atoms with Gasteiger partial charge in [0.15, 0.2) is 0 Å². The lowest BCUT2D eigenvalue weighted by atomic mass is 9.81. The average molecular weight is 513 g/mol. The Bertz CT molecular complexity index is 930. The molecule has 35 heavy (non-hydrogen) atoms. The number of nitrogens with zero attached hydrogens (tertiary/aromatic N) is 2. The molecule has 2 aromatic rings. The van der Waals surface area contributed by atoms with Crippen molar-refractivity contribution in [2.24, 2.45) is 0 Å². The molecule has 0 spiro atoms. The Hall–Kier alpha value is -1.46. The largest absolute Gasteiger partial charge is 0.338 e. The third-order valence-electron chi connectivity index (χ3n) is 6.85. The van der Waals surface area contributed by atoms with Crippen LogP contribution in [0.4, 0.5) is 0 Å². The van der Waals surface area contributed by atoms with E-state index in [2.05, 4.69) is 71.6 Å². The van der Waals surface area contributed by atoms with E-state index in [0.29, 0.717) is 22.8 Å². The van der Waals surface area contributed by atoms with E-state index >= 15 is 0 Å². The van der Waals surface area contributed by atoms with Crippen molar-refractivity contribution in [2.45, 2.75) is 107 Å². The van der Waals surface area contributed by atoms with Crippen molar-refractivity contribution in [3.05, 3.63) is 59.4 Å². The van der Waals surface area contributed by atoms with Gasteiger partial charge in [0.1, 0.15) is 0 Å². The molecule has 3 nitrogen and oxygen atoms in total. The van der Waals surface area contributed by atoms with Gasteiger partial charge in [-0.05, 0) is 71.6 Å². The Labute approximate surface area is 222 Å². The quantitative estimate of drug-likeness (QED) is 0.360. The van der Waals surface area contributed by atoms with Gasteiger partial charge in [0.05, 0.1) is 5.75 Å². The molecule has 0 bridgehead atoms. The summed E-state index contributed by atoms with van der Waals surface area (Å²) in [5.41, 5.74) is 4.22. The van der Waals surface area contributed by atoms with Crippen molar-refractivity contribution in [3.63, 3.8) is 0 Å². The first-order chi connectivity index (χ1) is 16.5. The van der Waals surface area contributed by atoms with E-state index in [4.69, 9.17) is 0 Å². The molecule has 2 atom stereocenters. The highest BCUT2D eigenvalue weighted by molar-refractivity contribution is 8.04. The van der Waals surface area contributed by atoms with E-state index in [1.165, 1.54) is 41.7 Å². The number of pyridine rings is 1. The summed E-state index contributed by atoms with van der Waals surface area (Å²) in [4.78, 5) is 20.5. The van der Waals surface area contributed by atoms with Gasteiger partial charge in [-0.1, -0.05) is 60.5 Å². The van der Waals surface area contributed by atoms with Crippen LogP contribution in [0.2, 0.25) is 0 Å². The van der Waals surface area contributed by atoms with Crippen LogP contribution in [-0.4, -0.2) is 38.6 Å². The number of hydrogen-bond donors (Lipinski definition) is 0. The molecule has 0 N–H and O–H groups in total. The maximum absolute atomic E-state index is 13.1. The fourth-order valence-electron chi connectivity index (χ4n) is 4.45. The molecule has 3 rings (SSSR count). The smallest absolute Gasteiger partial charge is 0.232 e. The van der Waals surface area contributed by atoms with Gasteiger partial charge >= 0.3 is 0 Å². The number of benzene rings is 1. The number of hydrogen-bond acceptors (Lipinski definition) is 4. The van der Waals surface area contributed by atoms with Crippen molar-refractivity contribution in [1.29, 1.82) is 0 Å². The first-order valence-corrected chi connectivity index (χ1v) is 15.0. The molecule has 0 radical (unpaired) electrons. The highest BCUT2D eigenvalue weighted by Gasteiger charge is 2.29. The average Bonchev–Trinajstić information content (AvgIpc) is 2.81. The minimum atomic E-state index is 0.127. The minimum Gasteiger partial charge on any atom is -0.338 e. The van der Waals surface area contributed by atoms with Crippen LogP contribution in [0.5, 0.6) is 0 Å². The summed E-state index contributed by atoms with van der Waals surface area (Å²) < 4.78 is 0. The van der Waals surface area contributed by atoms with Crippen molar-refractivity contribution >= 4 is 29.4 Å². The van der Waals surface area contributed by atoms with Crippen LogP contribution in [0.15, 0.2) is 47.6 Å². The zero-order valence-electron chi connectivity index (χ0n) is 22.8. The molecular formula is C30H44N2OS2. The van der Waals surface area contributed by atoms with E-state index in [1.54, 1.807) is 12.4 Å². The maximum atomic E-state index is 13.1. The zero-order valence-corrected chi connectivity index (χ0v) is 24.4. The number of aromatic nitrogens is 1. The number of amides is 1. The Morgan fingerprint density at radius 1 is 0.943 bits per heavy atom. The van der Waals surface area contributed by atoms with Gasteiger partial charge in [-0.15, -0.1) is 23.5 Å². The van der Waals surface area contributed by atoms with E-state index in [9.17, 15) is 4.79 Å². The fraction of sp³-hybridized carbons (Fsp3) is 0.600. The van der Waals surface area contributed by atoms with Crippen LogP contribution in [0.25, 0.3) is 0 Å².